The second kappa shape index (κ2) is 7.01. The van der Waals surface area contributed by atoms with Gasteiger partial charge in [-0.3, -0.25) is 5.10 Å². The number of H-pyrrole nitrogens is 1. The maximum Gasteiger partial charge on any atom is 0.128 e. The van der Waals surface area contributed by atoms with E-state index in [9.17, 15) is 0 Å². The van der Waals surface area contributed by atoms with Crippen molar-refractivity contribution in [2.75, 3.05) is 12.3 Å². The van der Waals surface area contributed by atoms with Crippen LogP contribution in [-0.2, 0) is 0 Å². The molecular formula is C19H21N3O. The average Bonchev–Trinajstić information content (AvgIpc) is 3.05. The highest BCUT2D eigenvalue weighted by atomic mass is 16.5. The monoisotopic (exact) mass is 307 g/mol. The van der Waals surface area contributed by atoms with Crippen LogP contribution in [0.3, 0.4) is 0 Å². The molecule has 0 spiro atoms. The first-order chi connectivity index (χ1) is 11.3. The highest BCUT2D eigenvalue weighted by Gasteiger charge is 2.10. The molecule has 3 N–H and O–H groups in total. The first-order valence-electron chi connectivity index (χ1n) is 7.91. The van der Waals surface area contributed by atoms with Crippen molar-refractivity contribution in [3.05, 3.63) is 54.6 Å². The number of aromatic nitrogens is 2. The van der Waals surface area contributed by atoms with Crippen LogP contribution in [0.1, 0.15) is 19.8 Å². The number of hydrogen-bond donors (Lipinski definition) is 2. The van der Waals surface area contributed by atoms with E-state index in [0.717, 1.165) is 53.4 Å². The summed E-state index contributed by atoms with van der Waals surface area (Å²) < 4.78 is 5.90. The van der Waals surface area contributed by atoms with Crippen molar-refractivity contribution >= 4 is 5.69 Å². The fourth-order valence-corrected chi connectivity index (χ4v) is 2.45. The van der Waals surface area contributed by atoms with E-state index in [1.807, 2.05) is 54.6 Å². The molecule has 0 saturated carbocycles. The lowest BCUT2D eigenvalue weighted by molar-refractivity contribution is 0.310. The Balaban J connectivity index is 1.88. The van der Waals surface area contributed by atoms with Gasteiger partial charge in [-0.25, -0.2) is 0 Å². The number of nitrogens with two attached hydrogens (primary N) is 1. The first-order valence-corrected chi connectivity index (χ1v) is 7.91. The Morgan fingerprint density at radius 3 is 2.78 bits per heavy atom. The SMILES string of the molecule is CCCCOc1ccccc1-c1cc(-c2cccc(N)c2)n[nH]1. The lowest BCUT2D eigenvalue weighted by Gasteiger charge is -2.09. The molecule has 0 radical (unpaired) electrons. The number of unbranched alkanes of at least 4 members (excludes halogenated alkanes) is 1. The summed E-state index contributed by atoms with van der Waals surface area (Å²) in [6.45, 7) is 2.88. The summed E-state index contributed by atoms with van der Waals surface area (Å²) in [4.78, 5) is 0. The minimum Gasteiger partial charge on any atom is -0.493 e. The van der Waals surface area contributed by atoms with E-state index in [0.29, 0.717) is 0 Å². The van der Waals surface area contributed by atoms with Crippen LogP contribution >= 0.6 is 0 Å². The van der Waals surface area contributed by atoms with Crippen LogP contribution in [0.25, 0.3) is 22.5 Å². The van der Waals surface area contributed by atoms with Gasteiger partial charge in [0.15, 0.2) is 0 Å². The summed E-state index contributed by atoms with van der Waals surface area (Å²) in [6, 6.07) is 17.8. The molecule has 0 atom stereocenters. The maximum atomic E-state index is 5.90. The number of rotatable bonds is 6. The molecule has 23 heavy (non-hydrogen) atoms. The van der Waals surface area contributed by atoms with E-state index in [2.05, 4.69) is 17.1 Å². The van der Waals surface area contributed by atoms with E-state index >= 15 is 0 Å². The topological polar surface area (TPSA) is 63.9 Å². The summed E-state index contributed by atoms with van der Waals surface area (Å²) in [5.41, 5.74) is 10.4. The molecule has 0 bridgehead atoms. The van der Waals surface area contributed by atoms with Crippen molar-refractivity contribution in [2.24, 2.45) is 0 Å². The van der Waals surface area contributed by atoms with Gasteiger partial charge in [0.2, 0.25) is 0 Å². The molecule has 3 rings (SSSR count). The Morgan fingerprint density at radius 2 is 1.96 bits per heavy atom. The third kappa shape index (κ3) is 3.54. The molecule has 3 aromatic rings. The molecule has 0 aliphatic rings. The number of aromatic amines is 1. The second-order valence-electron chi connectivity index (χ2n) is 5.49. The van der Waals surface area contributed by atoms with Crippen LogP contribution in [0.15, 0.2) is 54.6 Å². The zero-order valence-corrected chi connectivity index (χ0v) is 13.3. The molecule has 0 amide bonds. The minimum absolute atomic E-state index is 0.726. The van der Waals surface area contributed by atoms with Gasteiger partial charge in [-0.15, -0.1) is 0 Å². The maximum absolute atomic E-state index is 5.90. The van der Waals surface area contributed by atoms with Gasteiger partial charge in [0.05, 0.1) is 18.0 Å². The number of para-hydroxylation sites is 1. The lowest BCUT2D eigenvalue weighted by atomic mass is 10.1. The van der Waals surface area contributed by atoms with Crippen LogP contribution in [0.2, 0.25) is 0 Å². The van der Waals surface area contributed by atoms with Crippen molar-refractivity contribution in [3.63, 3.8) is 0 Å². The Kier molecular flexibility index (Phi) is 4.62. The van der Waals surface area contributed by atoms with E-state index < -0.39 is 0 Å². The quantitative estimate of drug-likeness (QED) is 0.520. The average molecular weight is 307 g/mol. The largest absolute Gasteiger partial charge is 0.493 e. The third-order valence-electron chi connectivity index (χ3n) is 3.69. The normalized spacial score (nSPS) is 10.7. The predicted octanol–water partition coefficient (Wildman–Crippen LogP) is 4.50. The van der Waals surface area contributed by atoms with Gasteiger partial charge in [-0.2, -0.15) is 5.10 Å². The number of anilines is 1. The lowest BCUT2D eigenvalue weighted by Crippen LogP contribution is -1.98. The van der Waals surface area contributed by atoms with Crippen LogP contribution in [0.4, 0.5) is 5.69 Å². The Morgan fingerprint density at radius 1 is 1.09 bits per heavy atom. The molecule has 4 nitrogen and oxygen atoms in total. The Hall–Kier alpha value is -2.75. The molecule has 118 valence electrons. The van der Waals surface area contributed by atoms with E-state index in [-0.39, 0.29) is 0 Å². The summed E-state index contributed by atoms with van der Waals surface area (Å²) >= 11 is 0. The Bertz CT molecular complexity index is 780. The van der Waals surface area contributed by atoms with Crippen molar-refractivity contribution < 1.29 is 4.74 Å². The van der Waals surface area contributed by atoms with Crippen LogP contribution < -0.4 is 10.5 Å². The van der Waals surface area contributed by atoms with E-state index in [4.69, 9.17) is 10.5 Å². The van der Waals surface area contributed by atoms with Crippen molar-refractivity contribution in [2.45, 2.75) is 19.8 Å². The van der Waals surface area contributed by atoms with Crippen LogP contribution in [0, 0.1) is 0 Å². The molecule has 0 aliphatic carbocycles. The fraction of sp³-hybridized carbons (Fsp3) is 0.211. The predicted molar refractivity (Wildman–Crippen MR) is 94.3 cm³/mol. The van der Waals surface area contributed by atoms with Gasteiger partial charge in [0, 0.05) is 16.8 Å². The minimum atomic E-state index is 0.726. The van der Waals surface area contributed by atoms with Gasteiger partial charge < -0.3 is 10.5 Å². The molecule has 1 heterocycles. The van der Waals surface area contributed by atoms with Gasteiger partial charge in [0.1, 0.15) is 5.75 Å². The highest BCUT2D eigenvalue weighted by Crippen LogP contribution is 2.31. The molecule has 0 saturated heterocycles. The highest BCUT2D eigenvalue weighted by molar-refractivity contribution is 5.73. The molecule has 0 aliphatic heterocycles. The standard InChI is InChI=1S/C19H21N3O/c1-2-3-11-23-19-10-5-4-9-16(19)18-13-17(21-22-18)14-7-6-8-15(20)12-14/h4-10,12-13H,2-3,11,20H2,1H3,(H,21,22). The zero-order valence-electron chi connectivity index (χ0n) is 13.3. The molecule has 0 fully saturated rings. The molecule has 2 aromatic carbocycles. The van der Waals surface area contributed by atoms with Gasteiger partial charge >= 0.3 is 0 Å². The van der Waals surface area contributed by atoms with Crippen molar-refractivity contribution in [1.29, 1.82) is 0 Å². The van der Waals surface area contributed by atoms with Crippen LogP contribution in [-0.4, -0.2) is 16.8 Å². The zero-order chi connectivity index (χ0) is 16.1. The third-order valence-corrected chi connectivity index (χ3v) is 3.69. The number of hydrogen-bond acceptors (Lipinski definition) is 3. The van der Waals surface area contributed by atoms with Gasteiger partial charge in [-0.1, -0.05) is 37.6 Å². The first kappa shape index (κ1) is 15.2. The summed E-state index contributed by atoms with van der Waals surface area (Å²) in [5, 5.41) is 7.51. The summed E-state index contributed by atoms with van der Waals surface area (Å²) in [7, 11) is 0. The van der Waals surface area contributed by atoms with Gasteiger partial charge in [-0.05, 0) is 36.8 Å². The summed E-state index contributed by atoms with van der Waals surface area (Å²) in [5.74, 6) is 0.878. The molecule has 4 heteroatoms. The number of benzene rings is 2. The number of nitrogens with one attached hydrogen (secondary N) is 1. The van der Waals surface area contributed by atoms with Crippen molar-refractivity contribution in [3.8, 4) is 28.3 Å². The Labute approximate surface area is 136 Å². The van der Waals surface area contributed by atoms with Crippen molar-refractivity contribution in [1.82, 2.24) is 10.2 Å². The summed E-state index contributed by atoms with van der Waals surface area (Å²) in [6.07, 6.45) is 2.16. The molecule has 0 unspecified atom stereocenters. The van der Waals surface area contributed by atoms with E-state index in [1.54, 1.807) is 0 Å². The molecule has 1 aromatic heterocycles. The molecular weight excluding hydrogens is 286 g/mol. The fourth-order valence-electron chi connectivity index (χ4n) is 2.45. The smallest absolute Gasteiger partial charge is 0.128 e. The number of ether oxygens (including phenoxy) is 1. The van der Waals surface area contributed by atoms with E-state index in [1.165, 1.54) is 0 Å². The van der Waals surface area contributed by atoms with Crippen LogP contribution in [0.5, 0.6) is 5.75 Å². The van der Waals surface area contributed by atoms with Gasteiger partial charge in [0.25, 0.3) is 0 Å². The number of nitrogens with zero attached hydrogens (tertiary/aromatic N) is 1. The second-order valence-corrected chi connectivity index (χ2v) is 5.49. The number of nitrogen functional groups attached to an aromatic ring is 1.